The van der Waals surface area contributed by atoms with Crippen molar-refractivity contribution in [3.63, 3.8) is 0 Å². The number of nitrogens with zero attached hydrogens (tertiary/aromatic N) is 1. The van der Waals surface area contributed by atoms with Crippen LogP contribution in [0.1, 0.15) is 10.4 Å². The van der Waals surface area contributed by atoms with Crippen LogP contribution in [0.15, 0.2) is 59.5 Å². The first-order chi connectivity index (χ1) is 11.6. The highest BCUT2D eigenvalue weighted by Crippen LogP contribution is 2.22. The summed E-state index contributed by atoms with van der Waals surface area (Å²) >= 11 is 0. The summed E-state index contributed by atoms with van der Waals surface area (Å²) in [4.78, 5) is 12.6. The van der Waals surface area contributed by atoms with Crippen LogP contribution < -0.4 is 5.32 Å². The number of para-hydroxylation sites is 1. The van der Waals surface area contributed by atoms with Crippen LogP contribution >= 0.6 is 0 Å². The summed E-state index contributed by atoms with van der Waals surface area (Å²) < 4.78 is 32.3. The summed E-state index contributed by atoms with van der Waals surface area (Å²) in [7, 11) is -3.74. The van der Waals surface area contributed by atoms with Crippen LogP contribution in [0.5, 0.6) is 0 Å². The molecule has 6 nitrogen and oxygen atoms in total. The minimum atomic E-state index is -3.74. The molecule has 2 aromatic rings. The van der Waals surface area contributed by atoms with Gasteiger partial charge in [0.15, 0.2) is 0 Å². The summed E-state index contributed by atoms with van der Waals surface area (Å²) in [6.07, 6.45) is 0. The van der Waals surface area contributed by atoms with Gasteiger partial charge in [-0.2, -0.15) is 4.31 Å². The van der Waals surface area contributed by atoms with Gasteiger partial charge in [0, 0.05) is 18.8 Å². The molecule has 0 unspecified atom stereocenters. The van der Waals surface area contributed by atoms with Crippen molar-refractivity contribution < 1.29 is 17.9 Å². The van der Waals surface area contributed by atoms with Crippen molar-refractivity contribution in [1.29, 1.82) is 0 Å². The average Bonchev–Trinajstić information content (AvgIpc) is 2.63. The number of ether oxygens (including phenoxy) is 1. The first kappa shape index (κ1) is 16.6. The quantitative estimate of drug-likeness (QED) is 0.918. The molecule has 126 valence electrons. The Morgan fingerprint density at radius 2 is 1.58 bits per heavy atom. The molecule has 1 aliphatic heterocycles. The molecular weight excluding hydrogens is 328 g/mol. The number of carbonyl (C=O) groups is 1. The van der Waals surface area contributed by atoms with Gasteiger partial charge in [0.05, 0.1) is 23.7 Å². The normalized spacial score (nSPS) is 15.8. The van der Waals surface area contributed by atoms with Gasteiger partial charge in [-0.3, -0.25) is 4.79 Å². The Hall–Kier alpha value is -2.22. The molecule has 0 saturated carbocycles. The van der Waals surface area contributed by atoms with E-state index in [4.69, 9.17) is 4.74 Å². The topological polar surface area (TPSA) is 75.7 Å². The number of nitrogens with one attached hydrogen (secondary N) is 1. The first-order valence-electron chi connectivity index (χ1n) is 7.62. The molecule has 1 heterocycles. The predicted molar refractivity (Wildman–Crippen MR) is 90.4 cm³/mol. The lowest BCUT2D eigenvalue weighted by atomic mass is 10.2. The smallest absolute Gasteiger partial charge is 0.257 e. The SMILES string of the molecule is O=C(Nc1ccccc1)c1ccccc1S(=O)(=O)N1CCOCC1. The summed E-state index contributed by atoms with van der Waals surface area (Å²) in [6, 6.07) is 15.2. The van der Waals surface area contributed by atoms with Crippen molar-refractivity contribution >= 4 is 21.6 Å². The van der Waals surface area contributed by atoms with E-state index in [1.165, 1.54) is 16.4 Å². The number of carbonyl (C=O) groups excluding carboxylic acids is 1. The number of rotatable bonds is 4. The zero-order valence-corrected chi connectivity index (χ0v) is 13.8. The molecule has 0 radical (unpaired) electrons. The molecule has 0 bridgehead atoms. The van der Waals surface area contributed by atoms with E-state index in [1.807, 2.05) is 6.07 Å². The monoisotopic (exact) mass is 346 g/mol. The van der Waals surface area contributed by atoms with Crippen molar-refractivity contribution in [2.45, 2.75) is 4.90 Å². The van der Waals surface area contributed by atoms with Crippen molar-refractivity contribution in [3.8, 4) is 0 Å². The van der Waals surface area contributed by atoms with Crippen molar-refractivity contribution in [1.82, 2.24) is 4.31 Å². The average molecular weight is 346 g/mol. The van der Waals surface area contributed by atoms with Gasteiger partial charge in [0.1, 0.15) is 0 Å². The zero-order chi connectivity index (χ0) is 17.0. The third-order valence-electron chi connectivity index (χ3n) is 3.75. The minimum absolute atomic E-state index is 0.0142. The largest absolute Gasteiger partial charge is 0.379 e. The van der Waals surface area contributed by atoms with Gasteiger partial charge in [0.25, 0.3) is 5.91 Å². The van der Waals surface area contributed by atoms with E-state index in [-0.39, 0.29) is 23.5 Å². The number of morpholine rings is 1. The summed E-state index contributed by atoms with van der Waals surface area (Å²) in [5.41, 5.74) is 0.744. The maximum absolute atomic E-state index is 12.9. The fourth-order valence-corrected chi connectivity index (χ4v) is 4.12. The molecule has 0 spiro atoms. The van der Waals surface area contributed by atoms with Crippen LogP contribution in [0.4, 0.5) is 5.69 Å². The van der Waals surface area contributed by atoms with Crippen molar-refractivity contribution in [2.24, 2.45) is 0 Å². The highest BCUT2D eigenvalue weighted by molar-refractivity contribution is 7.89. The van der Waals surface area contributed by atoms with E-state index >= 15 is 0 Å². The second kappa shape index (κ2) is 7.12. The Balaban J connectivity index is 1.91. The maximum atomic E-state index is 12.9. The number of benzene rings is 2. The second-order valence-corrected chi connectivity index (χ2v) is 7.24. The Morgan fingerprint density at radius 1 is 0.958 bits per heavy atom. The lowest BCUT2D eigenvalue weighted by molar-refractivity contribution is 0.0730. The zero-order valence-electron chi connectivity index (χ0n) is 13.0. The molecule has 1 aliphatic rings. The molecule has 1 amide bonds. The number of anilines is 1. The first-order valence-corrected chi connectivity index (χ1v) is 9.06. The number of hydrogen-bond acceptors (Lipinski definition) is 4. The molecule has 2 aromatic carbocycles. The lowest BCUT2D eigenvalue weighted by Crippen LogP contribution is -2.41. The van der Waals surface area contributed by atoms with Crippen LogP contribution in [0, 0.1) is 0 Å². The van der Waals surface area contributed by atoms with E-state index < -0.39 is 15.9 Å². The van der Waals surface area contributed by atoms with Gasteiger partial charge < -0.3 is 10.1 Å². The van der Waals surface area contributed by atoms with E-state index in [1.54, 1.807) is 36.4 Å². The van der Waals surface area contributed by atoms with Crippen LogP contribution in [0.3, 0.4) is 0 Å². The van der Waals surface area contributed by atoms with E-state index in [0.29, 0.717) is 18.9 Å². The Labute approximate surface area is 141 Å². The molecule has 7 heteroatoms. The standard InChI is InChI=1S/C17H18N2O4S/c20-17(18-14-6-2-1-3-7-14)15-8-4-5-9-16(15)24(21,22)19-10-12-23-13-11-19/h1-9H,10-13H2,(H,18,20). The molecule has 1 fully saturated rings. The van der Waals surface area contributed by atoms with Crippen molar-refractivity contribution in [2.75, 3.05) is 31.6 Å². The van der Waals surface area contributed by atoms with Gasteiger partial charge in [-0.25, -0.2) is 8.42 Å². The summed E-state index contributed by atoms with van der Waals surface area (Å²) in [5.74, 6) is -0.450. The molecule has 24 heavy (non-hydrogen) atoms. The molecule has 0 aromatic heterocycles. The number of amides is 1. The van der Waals surface area contributed by atoms with Crippen LogP contribution in [0.25, 0.3) is 0 Å². The van der Waals surface area contributed by atoms with Gasteiger partial charge in [-0.1, -0.05) is 30.3 Å². The third kappa shape index (κ3) is 3.48. The van der Waals surface area contributed by atoms with Gasteiger partial charge in [0.2, 0.25) is 10.0 Å². The number of sulfonamides is 1. The lowest BCUT2D eigenvalue weighted by Gasteiger charge is -2.26. The van der Waals surface area contributed by atoms with E-state index in [0.717, 1.165) is 0 Å². The third-order valence-corrected chi connectivity index (χ3v) is 5.71. The van der Waals surface area contributed by atoms with Gasteiger partial charge >= 0.3 is 0 Å². The molecule has 1 N–H and O–H groups in total. The van der Waals surface area contributed by atoms with E-state index in [2.05, 4.69) is 5.32 Å². The highest BCUT2D eigenvalue weighted by atomic mass is 32.2. The summed E-state index contributed by atoms with van der Waals surface area (Å²) in [5, 5.41) is 2.73. The fourth-order valence-electron chi connectivity index (χ4n) is 2.53. The van der Waals surface area contributed by atoms with Gasteiger partial charge in [-0.15, -0.1) is 0 Å². The highest BCUT2D eigenvalue weighted by Gasteiger charge is 2.30. The molecular formula is C17H18N2O4S. The minimum Gasteiger partial charge on any atom is -0.379 e. The molecule has 0 atom stereocenters. The summed E-state index contributed by atoms with van der Waals surface area (Å²) in [6.45, 7) is 1.29. The Kier molecular flexibility index (Phi) is 4.94. The van der Waals surface area contributed by atoms with Crippen LogP contribution in [0.2, 0.25) is 0 Å². The van der Waals surface area contributed by atoms with Crippen LogP contribution in [-0.4, -0.2) is 44.9 Å². The Morgan fingerprint density at radius 3 is 2.29 bits per heavy atom. The molecule has 0 aliphatic carbocycles. The maximum Gasteiger partial charge on any atom is 0.257 e. The van der Waals surface area contributed by atoms with Crippen molar-refractivity contribution in [3.05, 3.63) is 60.2 Å². The molecule has 3 rings (SSSR count). The number of hydrogen-bond donors (Lipinski definition) is 1. The predicted octanol–water partition coefficient (Wildman–Crippen LogP) is 1.96. The fraction of sp³-hybridized carbons (Fsp3) is 0.235. The van der Waals surface area contributed by atoms with Gasteiger partial charge in [-0.05, 0) is 24.3 Å². The second-order valence-electron chi connectivity index (χ2n) is 5.33. The van der Waals surface area contributed by atoms with E-state index in [9.17, 15) is 13.2 Å². The Bertz CT molecular complexity index is 815. The molecule has 1 saturated heterocycles. The van der Waals surface area contributed by atoms with Crippen LogP contribution in [-0.2, 0) is 14.8 Å².